The van der Waals surface area contributed by atoms with Gasteiger partial charge in [0.1, 0.15) is 6.33 Å². The maximum atomic E-state index is 13.1. The predicted octanol–water partition coefficient (Wildman–Crippen LogP) is 1.60. The van der Waals surface area contributed by atoms with Crippen LogP contribution in [0.5, 0.6) is 0 Å². The fourth-order valence-corrected chi connectivity index (χ4v) is 4.32. The van der Waals surface area contributed by atoms with E-state index in [4.69, 9.17) is 0 Å². The van der Waals surface area contributed by atoms with Crippen LogP contribution in [0, 0.1) is 0 Å². The highest BCUT2D eigenvalue weighted by Crippen LogP contribution is 2.38. The summed E-state index contributed by atoms with van der Waals surface area (Å²) in [5, 5.41) is 3.23. The minimum Gasteiger partial charge on any atom is -0.382 e. The molecule has 9 heteroatoms. The number of piperazine rings is 1. The molecular weight excluding hydrogens is 420 g/mol. The van der Waals surface area contributed by atoms with Crippen molar-refractivity contribution in [2.75, 3.05) is 38.0 Å². The van der Waals surface area contributed by atoms with E-state index in [0.29, 0.717) is 44.0 Å². The third kappa shape index (κ3) is 3.93. The Bertz CT molecular complexity index is 1190. The normalized spacial score (nSPS) is 17.3. The van der Waals surface area contributed by atoms with Crippen LogP contribution in [0.25, 0.3) is 11.3 Å². The number of carbonyl (C=O) groups excluding carboxylic acids is 3. The number of hydrogen-bond donors (Lipinski definition) is 1. The second-order valence-electron chi connectivity index (χ2n) is 8.00. The number of fused-ring (bicyclic) bond motifs is 1. The van der Waals surface area contributed by atoms with Crippen molar-refractivity contribution in [3.05, 3.63) is 72.4 Å². The van der Waals surface area contributed by atoms with Gasteiger partial charge in [-0.2, -0.15) is 0 Å². The van der Waals surface area contributed by atoms with Crippen LogP contribution in [-0.4, -0.2) is 75.1 Å². The predicted molar refractivity (Wildman–Crippen MR) is 120 cm³/mol. The molecule has 9 nitrogen and oxygen atoms in total. The molecule has 4 heterocycles. The molecule has 3 aromatic rings. The van der Waals surface area contributed by atoms with E-state index in [9.17, 15) is 14.4 Å². The Morgan fingerprint density at radius 1 is 0.909 bits per heavy atom. The van der Waals surface area contributed by atoms with Crippen LogP contribution in [0.3, 0.4) is 0 Å². The number of anilines is 1. The van der Waals surface area contributed by atoms with E-state index in [2.05, 4.69) is 20.3 Å². The first kappa shape index (κ1) is 20.7. The monoisotopic (exact) mass is 442 g/mol. The molecule has 33 heavy (non-hydrogen) atoms. The lowest BCUT2D eigenvalue weighted by atomic mass is 9.95. The third-order valence-electron chi connectivity index (χ3n) is 6.08. The average Bonchev–Trinajstić information content (AvgIpc) is 3.33. The summed E-state index contributed by atoms with van der Waals surface area (Å²) in [5.41, 5.74) is 3.50. The van der Waals surface area contributed by atoms with E-state index >= 15 is 0 Å². The summed E-state index contributed by atoms with van der Waals surface area (Å²) < 4.78 is 0. The molecule has 5 rings (SSSR count). The molecular formula is C24H22N6O3. The van der Waals surface area contributed by atoms with Crippen LogP contribution in [0.15, 0.2) is 61.3 Å². The van der Waals surface area contributed by atoms with E-state index in [1.54, 1.807) is 46.6 Å². The smallest absolute Gasteiger partial charge is 0.290 e. The number of Topliss-reactive ketones (excluding diaryl/α,β-unsaturated/α-hetero) is 1. The van der Waals surface area contributed by atoms with Gasteiger partial charge in [-0.3, -0.25) is 19.4 Å². The molecule has 2 aliphatic rings. The quantitative estimate of drug-likeness (QED) is 0.612. The SMILES string of the molecule is O=C(C(=O)N1CCN(C(=O)c2ccccc2)CC1)C1CNc2c1ccnc2-c1cncnc1. The van der Waals surface area contributed by atoms with E-state index < -0.39 is 17.6 Å². The minimum atomic E-state index is -0.581. The Labute approximate surface area is 190 Å². The summed E-state index contributed by atoms with van der Waals surface area (Å²) in [6.45, 7) is 1.79. The number of benzene rings is 1. The van der Waals surface area contributed by atoms with Crippen LogP contribution in [-0.2, 0) is 9.59 Å². The van der Waals surface area contributed by atoms with Gasteiger partial charge in [-0.15, -0.1) is 0 Å². The van der Waals surface area contributed by atoms with Crippen molar-refractivity contribution in [1.29, 1.82) is 0 Å². The third-order valence-corrected chi connectivity index (χ3v) is 6.08. The Morgan fingerprint density at radius 3 is 2.33 bits per heavy atom. The highest BCUT2D eigenvalue weighted by Gasteiger charge is 2.37. The van der Waals surface area contributed by atoms with Crippen molar-refractivity contribution in [2.24, 2.45) is 0 Å². The highest BCUT2D eigenvalue weighted by atomic mass is 16.2. The van der Waals surface area contributed by atoms with Gasteiger partial charge in [0.25, 0.3) is 11.8 Å². The van der Waals surface area contributed by atoms with Crippen LogP contribution in [0.4, 0.5) is 5.69 Å². The van der Waals surface area contributed by atoms with Gasteiger partial charge in [-0.05, 0) is 23.8 Å². The van der Waals surface area contributed by atoms with Gasteiger partial charge >= 0.3 is 0 Å². The van der Waals surface area contributed by atoms with Crippen molar-refractivity contribution in [3.8, 4) is 11.3 Å². The van der Waals surface area contributed by atoms with Gasteiger partial charge in [0.2, 0.25) is 5.78 Å². The van der Waals surface area contributed by atoms with E-state index in [-0.39, 0.29) is 5.91 Å². The summed E-state index contributed by atoms with van der Waals surface area (Å²) in [6, 6.07) is 10.8. The van der Waals surface area contributed by atoms with Crippen LogP contribution in [0.2, 0.25) is 0 Å². The number of ketones is 1. The molecule has 0 radical (unpaired) electrons. The molecule has 0 aliphatic carbocycles. The molecule has 0 spiro atoms. The molecule has 1 N–H and O–H groups in total. The van der Waals surface area contributed by atoms with Gasteiger partial charge in [-0.1, -0.05) is 18.2 Å². The van der Waals surface area contributed by atoms with Gasteiger partial charge in [0, 0.05) is 62.4 Å². The number of rotatable bonds is 4. The van der Waals surface area contributed by atoms with E-state index in [1.165, 1.54) is 6.33 Å². The van der Waals surface area contributed by atoms with Crippen LogP contribution in [0.1, 0.15) is 21.8 Å². The largest absolute Gasteiger partial charge is 0.382 e. The topological polar surface area (TPSA) is 108 Å². The highest BCUT2D eigenvalue weighted by molar-refractivity contribution is 6.38. The molecule has 2 aliphatic heterocycles. The van der Waals surface area contributed by atoms with Crippen molar-refractivity contribution in [3.63, 3.8) is 0 Å². The van der Waals surface area contributed by atoms with Crippen molar-refractivity contribution >= 4 is 23.3 Å². The maximum absolute atomic E-state index is 13.1. The first-order valence-corrected chi connectivity index (χ1v) is 10.8. The molecule has 2 amide bonds. The Kier molecular flexibility index (Phi) is 5.52. The van der Waals surface area contributed by atoms with Gasteiger partial charge in [-0.25, -0.2) is 9.97 Å². The standard InChI is InChI=1S/C24H22N6O3/c31-22(19-14-28-21-18(19)6-7-27-20(21)17-12-25-15-26-13-17)24(33)30-10-8-29(9-11-30)23(32)16-4-2-1-3-5-16/h1-7,12-13,15,19,28H,8-11,14H2. The zero-order valence-electron chi connectivity index (χ0n) is 17.8. The zero-order valence-corrected chi connectivity index (χ0v) is 17.8. The Balaban J connectivity index is 1.27. The molecule has 1 fully saturated rings. The van der Waals surface area contributed by atoms with Crippen molar-refractivity contribution < 1.29 is 14.4 Å². The first-order chi connectivity index (χ1) is 16.1. The summed E-state index contributed by atoms with van der Waals surface area (Å²) in [4.78, 5) is 54.5. The molecule has 1 unspecified atom stereocenters. The summed E-state index contributed by atoms with van der Waals surface area (Å²) in [7, 11) is 0. The molecule has 166 valence electrons. The van der Waals surface area contributed by atoms with Gasteiger partial charge < -0.3 is 15.1 Å². The number of nitrogens with one attached hydrogen (secondary N) is 1. The lowest BCUT2D eigenvalue weighted by molar-refractivity contribution is -0.146. The summed E-state index contributed by atoms with van der Waals surface area (Å²) in [5.74, 6) is -1.61. The summed E-state index contributed by atoms with van der Waals surface area (Å²) in [6.07, 6.45) is 6.40. The molecule has 1 aromatic carbocycles. The number of amides is 2. The fourth-order valence-electron chi connectivity index (χ4n) is 4.32. The molecule has 1 saturated heterocycles. The molecule has 0 bridgehead atoms. The van der Waals surface area contributed by atoms with Gasteiger partial charge in [0.05, 0.1) is 17.3 Å². The lowest BCUT2D eigenvalue weighted by Gasteiger charge is -2.34. The minimum absolute atomic E-state index is 0.0622. The van der Waals surface area contributed by atoms with Crippen molar-refractivity contribution in [1.82, 2.24) is 24.8 Å². The average molecular weight is 442 g/mol. The van der Waals surface area contributed by atoms with E-state index in [0.717, 1.165) is 16.8 Å². The second kappa shape index (κ2) is 8.78. The van der Waals surface area contributed by atoms with Crippen LogP contribution < -0.4 is 5.32 Å². The number of pyridine rings is 1. The molecule has 1 atom stereocenters. The number of carbonyl (C=O) groups is 3. The fraction of sp³-hybridized carbons (Fsp3) is 0.250. The van der Waals surface area contributed by atoms with Crippen molar-refractivity contribution in [2.45, 2.75) is 5.92 Å². The Hall–Kier alpha value is -4.14. The zero-order chi connectivity index (χ0) is 22.8. The first-order valence-electron chi connectivity index (χ1n) is 10.8. The lowest BCUT2D eigenvalue weighted by Crippen LogP contribution is -2.52. The summed E-state index contributed by atoms with van der Waals surface area (Å²) >= 11 is 0. The second-order valence-corrected chi connectivity index (χ2v) is 8.00. The number of nitrogens with zero attached hydrogens (tertiary/aromatic N) is 5. The van der Waals surface area contributed by atoms with E-state index in [1.807, 2.05) is 18.2 Å². The van der Waals surface area contributed by atoms with Crippen LogP contribution >= 0.6 is 0 Å². The molecule has 2 aromatic heterocycles. The van der Waals surface area contributed by atoms with Gasteiger partial charge in [0.15, 0.2) is 0 Å². The maximum Gasteiger partial charge on any atom is 0.290 e. The number of hydrogen-bond acceptors (Lipinski definition) is 7. The molecule has 0 saturated carbocycles. The Morgan fingerprint density at radius 2 is 1.61 bits per heavy atom. The number of aromatic nitrogens is 3.